The molecule has 0 unspecified atom stereocenters. The van der Waals surface area contributed by atoms with E-state index >= 15 is 0 Å². The van der Waals surface area contributed by atoms with Crippen LogP contribution in [0.3, 0.4) is 0 Å². The molecule has 0 atom stereocenters. The Balaban J connectivity index is 2.13. The lowest BCUT2D eigenvalue weighted by Crippen LogP contribution is -2.47. The topological polar surface area (TPSA) is 21.3 Å². The number of hydrogen-bond donors (Lipinski definition) is 1. The molecular weight excluding hydrogens is 217 g/mol. The Morgan fingerprint density at radius 2 is 2.18 bits per heavy atom. The quantitative estimate of drug-likeness (QED) is 0.794. The standard InChI is InChI=1S/C14H20FNO/c1-11-8-12(4-5-13(11)15)14(9-17-10-14)6-3-7-16-2/h4-5,8,16H,3,6-7,9-10H2,1-2H3. The Morgan fingerprint density at radius 3 is 2.71 bits per heavy atom. The normalized spacial score (nSPS) is 17.8. The number of hydrogen-bond acceptors (Lipinski definition) is 2. The van der Waals surface area contributed by atoms with Gasteiger partial charge in [0.05, 0.1) is 13.2 Å². The third-order valence-corrected chi connectivity index (χ3v) is 3.61. The van der Waals surface area contributed by atoms with Crippen molar-refractivity contribution in [2.24, 2.45) is 0 Å². The number of benzene rings is 1. The van der Waals surface area contributed by atoms with Crippen LogP contribution in [0, 0.1) is 12.7 Å². The summed E-state index contributed by atoms with van der Waals surface area (Å²) in [7, 11) is 1.96. The summed E-state index contributed by atoms with van der Waals surface area (Å²) in [4.78, 5) is 0. The first-order valence-electron chi connectivity index (χ1n) is 6.17. The van der Waals surface area contributed by atoms with Crippen LogP contribution in [0.1, 0.15) is 24.0 Å². The van der Waals surface area contributed by atoms with Crippen molar-refractivity contribution in [3.63, 3.8) is 0 Å². The first kappa shape index (κ1) is 12.5. The van der Waals surface area contributed by atoms with Crippen molar-refractivity contribution in [2.75, 3.05) is 26.8 Å². The van der Waals surface area contributed by atoms with Crippen LogP contribution >= 0.6 is 0 Å². The molecule has 3 heteroatoms. The zero-order valence-corrected chi connectivity index (χ0v) is 10.6. The van der Waals surface area contributed by atoms with Crippen molar-refractivity contribution in [2.45, 2.75) is 25.2 Å². The molecule has 17 heavy (non-hydrogen) atoms. The number of ether oxygens (including phenoxy) is 1. The predicted molar refractivity (Wildman–Crippen MR) is 66.8 cm³/mol. The Kier molecular flexibility index (Phi) is 3.79. The molecule has 1 aliphatic rings. The highest BCUT2D eigenvalue weighted by Gasteiger charge is 2.39. The van der Waals surface area contributed by atoms with Gasteiger partial charge in [-0.1, -0.05) is 12.1 Å². The van der Waals surface area contributed by atoms with Crippen molar-refractivity contribution in [1.29, 1.82) is 0 Å². The maximum absolute atomic E-state index is 13.3. The van der Waals surface area contributed by atoms with Gasteiger partial charge in [0.1, 0.15) is 5.82 Å². The minimum absolute atomic E-state index is 0.120. The largest absolute Gasteiger partial charge is 0.379 e. The molecule has 0 aliphatic carbocycles. The summed E-state index contributed by atoms with van der Waals surface area (Å²) in [5.74, 6) is -0.126. The Labute approximate surface area is 102 Å². The van der Waals surface area contributed by atoms with Crippen LogP contribution in [0.15, 0.2) is 18.2 Å². The van der Waals surface area contributed by atoms with Gasteiger partial charge in [0.15, 0.2) is 0 Å². The fourth-order valence-corrected chi connectivity index (χ4v) is 2.38. The molecule has 0 saturated carbocycles. The number of rotatable bonds is 5. The van der Waals surface area contributed by atoms with E-state index in [9.17, 15) is 4.39 Å². The molecule has 94 valence electrons. The van der Waals surface area contributed by atoms with E-state index < -0.39 is 0 Å². The van der Waals surface area contributed by atoms with E-state index in [0.29, 0.717) is 0 Å². The summed E-state index contributed by atoms with van der Waals surface area (Å²) < 4.78 is 18.7. The molecule has 1 aliphatic heterocycles. The zero-order chi connectivity index (χ0) is 12.3. The van der Waals surface area contributed by atoms with Gasteiger partial charge < -0.3 is 10.1 Å². The number of halogens is 1. The average Bonchev–Trinajstić information content (AvgIpc) is 2.26. The van der Waals surface area contributed by atoms with Gasteiger partial charge >= 0.3 is 0 Å². The molecule has 0 radical (unpaired) electrons. The summed E-state index contributed by atoms with van der Waals surface area (Å²) in [5, 5.41) is 3.16. The van der Waals surface area contributed by atoms with Crippen molar-refractivity contribution in [1.82, 2.24) is 5.32 Å². The molecule has 2 nitrogen and oxygen atoms in total. The highest BCUT2D eigenvalue weighted by atomic mass is 19.1. The summed E-state index contributed by atoms with van der Waals surface area (Å²) >= 11 is 0. The van der Waals surface area contributed by atoms with Crippen LogP contribution in [0.2, 0.25) is 0 Å². The monoisotopic (exact) mass is 237 g/mol. The molecule has 1 fully saturated rings. The first-order valence-corrected chi connectivity index (χ1v) is 6.17. The Hall–Kier alpha value is -0.930. The average molecular weight is 237 g/mol. The predicted octanol–water partition coefficient (Wildman–Crippen LogP) is 2.40. The molecule has 0 amide bonds. The summed E-state index contributed by atoms with van der Waals surface area (Å²) in [6.45, 7) is 4.37. The van der Waals surface area contributed by atoms with Gasteiger partial charge in [-0.25, -0.2) is 4.39 Å². The minimum atomic E-state index is -0.126. The van der Waals surface area contributed by atoms with Gasteiger partial charge in [0.2, 0.25) is 0 Å². The lowest BCUT2D eigenvalue weighted by atomic mass is 9.74. The molecule has 0 bridgehead atoms. The van der Waals surface area contributed by atoms with Gasteiger partial charge in [-0.05, 0) is 50.6 Å². The molecule has 1 saturated heterocycles. The van der Waals surface area contributed by atoms with Crippen molar-refractivity contribution in [3.05, 3.63) is 35.1 Å². The van der Waals surface area contributed by atoms with Gasteiger partial charge in [-0.2, -0.15) is 0 Å². The molecule has 2 rings (SSSR count). The lowest BCUT2D eigenvalue weighted by Gasteiger charge is -2.42. The van der Waals surface area contributed by atoms with E-state index in [2.05, 4.69) is 5.32 Å². The molecule has 1 heterocycles. The van der Waals surface area contributed by atoms with E-state index in [1.165, 1.54) is 5.56 Å². The van der Waals surface area contributed by atoms with Crippen LogP contribution in [-0.2, 0) is 10.2 Å². The van der Waals surface area contributed by atoms with Gasteiger partial charge in [0, 0.05) is 5.41 Å². The number of aryl methyl sites for hydroxylation is 1. The van der Waals surface area contributed by atoms with Crippen LogP contribution in [-0.4, -0.2) is 26.8 Å². The maximum Gasteiger partial charge on any atom is 0.126 e. The molecule has 1 aromatic carbocycles. The fourth-order valence-electron chi connectivity index (χ4n) is 2.38. The van der Waals surface area contributed by atoms with Crippen LogP contribution < -0.4 is 5.32 Å². The molecule has 1 N–H and O–H groups in total. The molecule has 1 aromatic rings. The second-order valence-corrected chi connectivity index (χ2v) is 4.94. The second-order valence-electron chi connectivity index (χ2n) is 4.94. The summed E-state index contributed by atoms with van der Waals surface area (Å²) in [6, 6.07) is 5.45. The van der Waals surface area contributed by atoms with Gasteiger partial charge in [-0.3, -0.25) is 0 Å². The van der Waals surface area contributed by atoms with Gasteiger partial charge in [0.25, 0.3) is 0 Å². The Bertz CT molecular complexity index is 388. The van der Waals surface area contributed by atoms with E-state index in [1.807, 2.05) is 26.1 Å². The van der Waals surface area contributed by atoms with E-state index in [4.69, 9.17) is 4.74 Å². The van der Waals surface area contributed by atoms with Crippen LogP contribution in [0.5, 0.6) is 0 Å². The van der Waals surface area contributed by atoms with E-state index in [-0.39, 0.29) is 11.2 Å². The molecule has 0 spiro atoms. The second kappa shape index (κ2) is 5.15. The lowest BCUT2D eigenvalue weighted by molar-refractivity contribution is -0.0651. The highest BCUT2D eigenvalue weighted by molar-refractivity contribution is 5.32. The summed E-state index contributed by atoms with van der Waals surface area (Å²) in [5.41, 5.74) is 2.07. The fraction of sp³-hybridized carbons (Fsp3) is 0.571. The third-order valence-electron chi connectivity index (χ3n) is 3.61. The number of nitrogens with one attached hydrogen (secondary N) is 1. The Morgan fingerprint density at radius 1 is 1.41 bits per heavy atom. The molecule has 0 aromatic heterocycles. The molecular formula is C14H20FNO. The van der Waals surface area contributed by atoms with Crippen molar-refractivity contribution < 1.29 is 9.13 Å². The zero-order valence-electron chi connectivity index (χ0n) is 10.6. The van der Waals surface area contributed by atoms with Gasteiger partial charge in [-0.15, -0.1) is 0 Å². The third kappa shape index (κ3) is 2.50. The summed E-state index contributed by atoms with van der Waals surface area (Å²) in [6.07, 6.45) is 2.22. The SMILES string of the molecule is CNCCCC1(c2ccc(F)c(C)c2)COC1. The van der Waals surface area contributed by atoms with Crippen molar-refractivity contribution in [3.8, 4) is 0 Å². The first-order chi connectivity index (χ1) is 8.18. The highest BCUT2D eigenvalue weighted by Crippen LogP contribution is 2.37. The van der Waals surface area contributed by atoms with Crippen molar-refractivity contribution >= 4 is 0 Å². The van der Waals surface area contributed by atoms with E-state index in [0.717, 1.165) is 38.2 Å². The van der Waals surface area contributed by atoms with E-state index in [1.54, 1.807) is 6.07 Å². The van der Waals surface area contributed by atoms with Crippen LogP contribution in [0.4, 0.5) is 4.39 Å². The minimum Gasteiger partial charge on any atom is -0.379 e. The van der Waals surface area contributed by atoms with Crippen LogP contribution in [0.25, 0.3) is 0 Å². The smallest absolute Gasteiger partial charge is 0.126 e. The maximum atomic E-state index is 13.3.